The van der Waals surface area contributed by atoms with Crippen LogP contribution in [0, 0.1) is 0 Å². The van der Waals surface area contributed by atoms with E-state index in [1.54, 1.807) is 0 Å². The number of aromatic nitrogens is 2. The van der Waals surface area contributed by atoms with Gasteiger partial charge in [0.1, 0.15) is 0 Å². The Morgan fingerprint density at radius 3 is 2.67 bits per heavy atom. The zero-order valence-corrected chi connectivity index (χ0v) is 12.4. The number of para-hydroxylation sites is 2. The molecule has 0 unspecified atom stereocenters. The SMILES string of the molecule is Brc1ccc(Nc2nc3ccccc3[nH]2)c(Br)c1. The van der Waals surface area contributed by atoms with Crippen LogP contribution in [0.1, 0.15) is 0 Å². The fourth-order valence-electron chi connectivity index (χ4n) is 1.73. The van der Waals surface area contributed by atoms with Gasteiger partial charge in [-0.05, 0) is 46.3 Å². The molecule has 0 fully saturated rings. The van der Waals surface area contributed by atoms with Crippen LogP contribution in [0.5, 0.6) is 0 Å². The molecule has 1 aromatic heterocycles. The summed E-state index contributed by atoms with van der Waals surface area (Å²) in [6, 6.07) is 13.9. The Balaban J connectivity index is 1.96. The lowest BCUT2D eigenvalue weighted by atomic mass is 10.3. The van der Waals surface area contributed by atoms with Gasteiger partial charge in [0.2, 0.25) is 5.95 Å². The molecule has 3 aromatic rings. The first kappa shape index (κ1) is 11.7. The number of hydrogen-bond acceptors (Lipinski definition) is 2. The van der Waals surface area contributed by atoms with Crippen molar-refractivity contribution in [2.24, 2.45) is 0 Å². The van der Waals surface area contributed by atoms with Gasteiger partial charge in [-0.3, -0.25) is 0 Å². The average molecular weight is 367 g/mol. The molecule has 0 atom stereocenters. The Hall–Kier alpha value is -1.33. The molecule has 0 amide bonds. The highest BCUT2D eigenvalue weighted by Crippen LogP contribution is 2.28. The number of aromatic amines is 1. The lowest BCUT2D eigenvalue weighted by Gasteiger charge is -2.05. The fraction of sp³-hybridized carbons (Fsp3) is 0. The van der Waals surface area contributed by atoms with Crippen molar-refractivity contribution in [3.05, 3.63) is 51.4 Å². The van der Waals surface area contributed by atoms with Crippen LogP contribution >= 0.6 is 31.9 Å². The van der Waals surface area contributed by atoms with Crippen LogP contribution in [-0.4, -0.2) is 9.97 Å². The number of H-pyrrole nitrogens is 1. The summed E-state index contributed by atoms with van der Waals surface area (Å²) in [6.45, 7) is 0. The zero-order chi connectivity index (χ0) is 12.5. The fourth-order valence-corrected chi connectivity index (χ4v) is 2.88. The molecular weight excluding hydrogens is 358 g/mol. The smallest absolute Gasteiger partial charge is 0.205 e. The molecule has 2 aromatic carbocycles. The zero-order valence-electron chi connectivity index (χ0n) is 9.24. The van der Waals surface area contributed by atoms with Crippen molar-refractivity contribution >= 4 is 54.5 Å². The Kier molecular flexibility index (Phi) is 3.09. The maximum absolute atomic E-state index is 4.47. The van der Waals surface area contributed by atoms with Crippen molar-refractivity contribution < 1.29 is 0 Å². The van der Waals surface area contributed by atoms with E-state index in [0.717, 1.165) is 31.6 Å². The first-order valence-corrected chi connectivity index (χ1v) is 6.98. The maximum Gasteiger partial charge on any atom is 0.205 e. The number of halogens is 2. The van der Waals surface area contributed by atoms with Crippen molar-refractivity contribution in [1.82, 2.24) is 9.97 Å². The minimum Gasteiger partial charge on any atom is -0.325 e. The van der Waals surface area contributed by atoms with E-state index < -0.39 is 0 Å². The summed E-state index contributed by atoms with van der Waals surface area (Å²) >= 11 is 6.94. The van der Waals surface area contributed by atoms with Crippen LogP contribution in [0.3, 0.4) is 0 Å². The van der Waals surface area contributed by atoms with Crippen molar-refractivity contribution in [3.8, 4) is 0 Å². The molecule has 0 radical (unpaired) electrons. The largest absolute Gasteiger partial charge is 0.325 e. The van der Waals surface area contributed by atoms with Crippen molar-refractivity contribution in [2.45, 2.75) is 0 Å². The van der Waals surface area contributed by atoms with E-state index in [4.69, 9.17) is 0 Å². The third-order valence-electron chi connectivity index (χ3n) is 2.57. The first-order chi connectivity index (χ1) is 8.72. The van der Waals surface area contributed by atoms with Gasteiger partial charge in [0.25, 0.3) is 0 Å². The van der Waals surface area contributed by atoms with E-state index in [9.17, 15) is 0 Å². The summed E-state index contributed by atoms with van der Waals surface area (Å²) in [4.78, 5) is 7.70. The quantitative estimate of drug-likeness (QED) is 0.681. The molecule has 18 heavy (non-hydrogen) atoms. The predicted molar refractivity (Wildman–Crippen MR) is 81.2 cm³/mol. The molecule has 0 aliphatic carbocycles. The minimum atomic E-state index is 0.735. The van der Waals surface area contributed by atoms with E-state index in [0.29, 0.717) is 0 Å². The molecule has 0 saturated carbocycles. The summed E-state index contributed by atoms with van der Waals surface area (Å²) < 4.78 is 2.02. The highest BCUT2D eigenvalue weighted by molar-refractivity contribution is 9.11. The van der Waals surface area contributed by atoms with Gasteiger partial charge in [-0.25, -0.2) is 4.98 Å². The van der Waals surface area contributed by atoms with Crippen molar-refractivity contribution in [1.29, 1.82) is 0 Å². The van der Waals surface area contributed by atoms with Gasteiger partial charge in [-0.2, -0.15) is 0 Å². The monoisotopic (exact) mass is 365 g/mol. The third kappa shape index (κ3) is 2.28. The van der Waals surface area contributed by atoms with Crippen molar-refractivity contribution in [3.63, 3.8) is 0 Å². The molecule has 90 valence electrons. The number of nitrogens with zero attached hydrogens (tertiary/aromatic N) is 1. The average Bonchev–Trinajstić information content (AvgIpc) is 2.75. The van der Waals surface area contributed by atoms with Crippen LogP contribution in [0.2, 0.25) is 0 Å². The highest BCUT2D eigenvalue weighted by Gasteiger charge is 2.05. The second-order valence-corrected chi connectivity index (χ2v) is 5.62. The molecular formula is C13H9Br2N3. The molecule has 0 aliphatic heterocycles. The molecule has 2 N–H and O–H groups in total. The third-order valence-corrected chi connectivity index (χ3v) is 3.72. The van der Waals surface area contributed by atoms with E-state index >= 15 is 0 Å². The standard InChI is InChI=1S/C13H9Br2N3/c14-8-5-6-10(9(15)7-8)16-13-17-11-3-1-2-4-12(11)18-13/h1-7H,(H2,16,17,18). The molecule has 0 saturated heterocycles. The van der Waals surface area contributed by atoms with Crippen LogP contribution in [0.4, 0.5) is 11.6 Å². The Morgan fingerprint density at radius 1 is 1.06 bits per heavy atom. The molecule has 5 heteroatoms. The van der Waals surface area contributed by atoms with Gasteiger partial charge in [-0.1, -0.05) is 28.1 Å². The lowest BCUT2D eigenvalue weighted by molar-refractivity contribution is 1.30. The number of benzene rings is 2. The van der Waals surface area contributed by atoms with Crippen LogP contribution in [-0.2, 0) is 0 Å². The van der Waals surface area contributed by atoms with Gasteiger partial charge in [0, 0.05) is 8.95 Å². The van der Waals surface area contributed by atoms with E-state index in [-0.39, 0.29) is 0 Å². The number of rotatable bonds is 2. The van der Waals surface area contributed by atoms with E-state index in [1.165, 1.54) is 0 Å². The van der Waals surface area contributed by atoms with Gasteiger partial charge in [0.05, 0.1) is 16.7 Å². The second kappa shape index (κ2) is 4.74. The number of fused-ring (bicyclic) bond motifs is 1. The Morgan fingerprint density at radius 2 is 1.89 bits per heavy atom. The molecule has 3 nitrogen and oxygen atoms in total. The van der Waals surface area contributed by atoms with Gasteiger partial charge < -0.3 is 10.3 Å². The summed E-state index contributed by atoms with van der Waals surface area (Å²) in [5.41, 5.74) is 2.94. The topological polar surface area (TPSA) is 40.7 Å². The van der Waals surface area contributed by atoms with Gasteiger partial charge in [-0.15, -0.1) is 0 Å². The Labute approximate surface area is 121 Å². The van der Waals surface area contributed by atoms with Crippen LogP contribution < -0.4 is 5.32 Å². The van der Waals surface area contributed by atoms with E-state index in [1.807, 2.05) is 42.5 Å². The first-order valence-electron chi connectivity index (χ1n) is 5.39. The molecule has 3 rings (SSSR count). The summed E-state index contributed by atoms with van der Waals surface area (Å²) in [5, 5.41) is 3.25. The minimum absolute atomic E-state index is 0.735. The highest BCUT2D eigenvalue weighted by atomic mass is 79.9. The number of imidazole rings is 1. The summed E-state index contributed by atoms with van der Waals surface area (Å²) in [6.07, 6.45) is 0. The normalized spacial score (nSPS) is 10.8. The van der Waals surface area contributed by atoms with Crippen LogP contribution in [0.15, 0.2) is 51.4 Å². The van der Waals surface area contributed by atoms with E-state index in [2.05, 4.69) is 47.1 Å². The van der Waals surface area contributed by atoms with Crippen molar-refractivity contribution in [2.75, 3.05) is 5.32 Å². The predicted octanol–water partition coefficient (Wildman–Crippen LogP) is 4.83. The second-order valence-electron chi connectivity index (χ2n) is 3.85. The molecule has 0 bridgehead atoms. The molecule has 1 heterocycles. The van der Waals surface area contributed by atoms with Crippen LogP contribution in [0.25, 0.3) is 11.0 Å². The summed E-state index contributed by atoms with van der Waals surface area (Å²) in [5.74, 6) is 0.735. The Bertz CT molecular complexity index is 673. The number of hydrogen-bond donors (Lipinski definition) is 2. The number of nitrogens with one attached hydrogen (secondary N) is 2. The lowest BCUT2D eigenvalue weighted by Crippen LogP contribution is -1.92. The number of anilines is 2. The molecule has 0 spiro atoms. The molecule has 0 aliphatic rings. The van der Waals surface area contributed by atoms with Gasteiger partial charge >= 0.3 is 0 Å². The van der Waals surface area contributed by atoms with Gasteiger partial charge in [0.15, 0.2) is 0 Å². The summed E-state index contributed by atoms with van der Waals surface area (Å²) in [7, 11) is 0. The maximum atomic E-state index is 4.47.